The molecule has 1 fully saturated rings. The lowest BCUT2D eigenvalue weighted by Crippen LogP contribution is -2.50. The van der Waals surface area contributed by atoms with Gasteiger partial charge in [0.1, 0.15) is 17.6 Å². The molecular formula is C24H29FN2O3. The molecule has 1 unspecified atom stereocenters. The second-order valence-corrected chi connectivity index (χ2v) is 7.84. The van der Waals surface area contributed by atoms with Crippen LogP contribution >= 0.6 is 0 Å². The Bertz CT molecular complexity index is 846. The number of nitrogens with zero attached hydrogens (tertiary/aromatic N) is 1. The molecule has 1 aliphatic rings. The number of methoxy groups -OCH3 is 1. The molecule has 1 aliphatic carbocycles. The number of hydrogen-bond acceptors (Lipinski definition) is 3. The first kappa shape index (κ1) is 21.8. The van der Waals surface area contributed by atoms with E-state index >= 15 is 0 Å². The fourth-order valence-electron chi connectivity index (χ4n) is 3.78. The van der Waals surface area contributed by atoms with E-state index in [1.54, 1.807) is 31.1 Å². The third-order valence-electron chi connectivity index (χ3n) is 5.65. The zero-order valence-electron chi connectivity index (χ0n) is 17.6. The van der Waals surface area contributed by atoms with Gasteiger partial charge in [-0.1, -0.05) is 37.1 Å². The topological polar surface area (TPSA) is 58.6 Å². The van der Waals surface area contributed by atoms with Gasteiger partial charge in [0.2, 0.25) is 11.8 Å². The van der Waals surface area contributed by atoms with Crippen LogP contribution in [0.25, 0.3) is 0 Å². The minimum Gasteiger partial charge on any atom is -0.497 e. The van der Waals surface area contributed by atoms with Crippen molar-refractivity contribution in [2.24, 2.45) is 0 Å². The Morgan fingerprint density at radius 3 is 2.27 bits per heavy atom. The summed E-state index contributed by atoms with van der Waals surface area (Å²) >= 11 is 0. The summed E-state index contributed by atoms with van der Waals surface area (Å²) in [5.74, 6) is 0.0891. The molecule has 2 amide bonds. The molecule has 6 heteroatoms. The minimum absolute atomic E-state index is 0.146. The van der Waals surface area contributed by atoms with Gasteiger partial charge in [-0.25, -0.2) is 4.39 Å². The van der Waals surface area contributed by atoms with Gasteiger partial charge in [0.05, 0.1) is 13.5 Å². The van der Waals surface area contributed by atoms with Crippen molar-refractivity contribution < 1.29 is 18.7 Å². The monoisotopic (exact) mass is 412 g/mol. The second-order valence-electron chi connectivity index (χ2n) is 7.84. The highest BCUT2D eigenvalue weighted by Gasteiger charge is 2.28. The molecule has 2 aromatic carbocycles. The van der Waals surface area contributed by atoms with Crippen molar-refractivity contribution in [3.63, 3.8) is 0 Å². The molecule has 0 aromatic heterocycles. The number of benzene rings is 2. The number of carbonyl (C=O) groups excluding carboxylic acids is 2. The number of carbonyl (C=O) groups is 2. The average molecular weight is 413 g/mol. The van der Waals surface area contributed by atoms with Gasteiger partial charge in [0, 0.05) is 12.6 Å². The van der Waals surface area contributed by atoms with Gasteiger partial charge in [-0.15, -0.1) is 0 Å². The third kappa shape index (κ3) is 5.81. The molecule has 30 heavy (non-hydrogen) atoms. The highest BCUT2D eigenvalue weighted by Crippen LogP contribution is 2.19. The highest BCUT2D eigenvalue weighted by molar-refractivity contribution is 5.88. The molecule has 1 N–H and O–H groups in total. The van der Waals surface area contributed by atoms with Crippen molar-refractivity contribution >= 4 is 11.8 Å². The molecule has 2 aromatic rings. The molecule has 0 spiro atoms. The maximum Gasteiger partial charge on any atom is 0.242 e. The first-order chi connectivity index (χ1) is 14.5. The number of hydrogen-bond donors (Lipinski definition) is 1. The number of amides is 2. The fourth-order valence-corrected chi connectivity index (χ4v) is 3.78. The molecule has 160 valence electrons. The highest BCUT2D eigenvalue weighted by atomic mass is 19.1. The number of halogens is 1. The predicted molar refractivity (Wildman–Crippen MR) is 114 cm³/mol. The van der Waals surface area contributed by atoms with E-state index in [9.17, 15) is 14.0 Å². The molecular weight excluding hydrogens is 383 g/mol. The van der Waals surface area contributed by atoms with E-state index in [0.29, 0.717) is 0 Å². The number of ether oxygens (including phenoxy) is 1. The molecule has 0 bridgehead atoms. The van der Waals surface area contributed by atoms with Crippen molar-refractivity contribution in [1.29, 1.82) is 0 Å². The van der Waals surface area contributed by atoms with E-state index in [-0.39, 0.29) is 36.6 Å². The van der Waals surface area contributed by atoms with E-state index in [2.05, 4.69) is 5.32 Å². The Labute approximate surface area is 177 Å². The van der Waals surface area contributed by atoms with Gasteiger partial charge in [-0.05, 0) is 55.2 Å². The Morgan fingerprint density at radius 1 is 1.07 bits per heavy atom. The van der Waals surface area contributed by atoms with Crippen LogP contribution in [-0.2, 0) is 22.6 Å². The zero-order valence-corrected chi connectivity index (χ0v) is 17.6. The minimum atomic E-state index is -0.624. The van der Waals surface area contributed by atoms with E-state index in [1.807, 2.05) is 24.3 Å². The van der Waals surface area contributed by atoms with Crippen LogP contribution in [-0.4, -0.2) is 35.9 Å². The van der Waals surface area contributed by atoms with Crippen molar-refractivity contribution in [3.05, 3.63) is 65.5 Å². The number of nitrogens with one attached hydrogen (secondary N) is 1. The quantitative estimate of drug-likeness (QED) is 0.716. The van der Waals surface area contributed by atoms with Crippen molar-refractivity contribution in [1.82, 2.24) is 10.2 Å². The van der Waals surface area contributed by atoms with E-state index in [1.165, 1.54) is 12.1 Å². The van der Waals surface area contributed by atoms with Gasteiger partial charge >= 0.3 is 0 Å². The standard InChI is InChI=1S/C24H29FN2O3/c1-17(24(29)26-21-5-3-4-6-21)27(16-19-7-11-20(25)12-8-19)23(28)15-18-9-13-22(30-2)14-10-18/h7-14,17,21H,3-6,15-16H2,1-2H3,(H,26,29). The van der Waals surface area contributed by atoms with Crippen LogP contribution in [0.4, 0.5) is 4.39 Å². The van der Waals surface area contributed by atoms with Crippen LogP contribution in [0.3, 0.4) is 0 Å². The molecule has 0 radical (unpaired) electrons. The third-order valence-corrected chi connectivity index (χ3v) is 5.65. The van der Waals surface area contributed by atoms with Crippen LogP contribution in [0.2, 0.25) is 0 Å². The summed E-state index contributed by atoms with van der Waals surface area (Å²) in [6.07, 6.45) is 4.38. The van der Waals surface area contributed by atoms with E-state index < -0.39 is 6.04 Å². The van der Waals surface area contributed by atoms with E-state index in [4.69, 9.17) is 4.74 Å². The Balaban J connectivity index is 1.74. The van der Waals surface area contributed by atoms with Crippen LogP contribution < -0.4 is 10.1 Å². The maximum atomic E-state index is 13.3. The van der Waals surface area contributed by atoms with Gasteiger partial charge < -0.3 is 15.0 Å². The van der Waals surface area contributed by atoms with E-state index in [0.717, 1.165) is 42.6 Å². The predicted octanol–water partition coefficient (Wildman–Crippen LogP) is 3.85. The molecule has 0 heterocycles. The summed E-state index contributed by atoms with van der Waals surface area (Å²) in [6, 6.07) is 12.9. The summed E-state index contributed by atoms with van der Waals surface area (Å²) in [5.41, 5.74) is 1.62. The first-order valence-corrected chi connectivity index (χ1v) is 10.4. The Morgan fingerprint density at radius 2 is 1.67 bits per heavy atom. The Hall–Kier alpha value is -2.89. The second kappa shape index (κ2) is 10.2. The lowest BCUT2D eigenvalue weighted by atomic mass is 10.1. The Kier molecular flexibility index (Phi) is 7.44. The summed E-state index contributed by atoms with van der Waals surface area (Å²) in [6.45, 7) is 1.99. The van der Waals surface area contributed by atoms with Crippen molar-refractivity contribution in [3.8, 4) is 5.75 Å². The molecule has 0 aliphatic heterocycles. The molecule has 3 rings (SSSR count). The molecule has 5 nitrogen and oxygen atoms in total. The maximum absolute atomic E-state index is 13.3. The lowest BCUT2D eigenvalue weighted by molar-refractivity contribution is -0.140. The summed E-state index contributed by atoms with van der Waals surface area (Å²) < 4.78 is 18.5. The van der Waals surface area contributed by atoms with Crippen molar-refractivity contribution in [2.45, 2.75) is 57.7 Å². The van der Waals surface area contributed by atoms with Crippen LogP contribution in [0.5, 0.6) is 5.75 Å². The fraction of sp³-hybridized carbons (Fsp3) is 0.417. The van der Waals surface area contributed by atoms with Crippen molar-refractivity contribution in [2.75, 3.05) is 7.11 Å². The smallest absolute Gasteiger partial charge is 0.242 e. The molecule has 0 saturated heterocycles. The molecule has 1 saturated carbocycles. The zero-order chi connectivity index (χ0) is 21.5. The first-order valence-electron chi connectivity index (χ1n) is 10.4. The lowest BCUT2D eigenvalue weighted by Gasteiger charge is -2.30. The average Bonchev–Trinajstić information content (AvgIpc) is 3.26. The van der Waals surface area contributed by atoms with Gasteiger partial charge in [0.15, 0.2) is 0 Å². The number of rotatable bonds is 8. The largest absolute Gasteiger partial charge is 0.497 e. The van der Waals surface area contributed by atoms with Gasteiger partial charge in [-0.3, -0.25) is 9.59 Å². The van der Waals surface area contributed by atoms with Crippen LogP contribution in [0.1, 0.15) is 43.7 Å². The SMILES string of the molecule is COc1ccc(CC(=O)N(Cc2ccc(F)cc2)C(C)C(=O)NC2CCCC2)cc1. The van der Waals surface area contributed by atoms with Gasteiger partial charge in [-0.2, -0.15) is 0 Å². The molecule has 1 atom stereocenters. The summed E-state index contributed by atoms with van der Waals surface area (Å²) in [4.78, 5) is 27.6. The van der Waals surface area contributed by atoms with Crippen LogP contribution in [0, 0.1) is 5.82 Å². The van der Waals surface area contributed by atoms with Gasteiger partial charge in [0.25, 0.3) is 0 Å². The summed E-state index contributed by atoms with van der Waals surface area (Å²) in [7, 11) is 1.59. The normalized spacial score (nSPS) is 14.9. The summed E-state index contributed by atoms with van der Waals surface area (Å²) in [5, 5.41) is 3.08. The van der Waals surface area contributed by atoms with Crippen LogP contribution in [0.15, 0.2) is 48.5 Å².